The topological polar surface area (TPSA) is 98.2 Å². The third-order valence-electron chi connectivity index (χ3n) is 6.38. The Morgan fingerprint density at radius 2 is 2.09 bits per heavy atom. The summed E-state index contributed by atoms with van der Waals surface area (Å²) in [7, 11) is 1.62. The highest BCUT2D eigenvalue weighted by molar-refractivity contribution is 5.80. The van der Waals surface area contributed by atoms with Crippen molar-refractivity contribution in [3.05, 3.63) is 46.0 Å². The molecule has 9 heteroatoms. The number of tetrazole rings is 1. The van der Waals surface area contributed by atoms with Crippen LogP contribution in [0.2, 0.25) is 0 Å². The van der Waals surface area contributed by atoms with Crippen LogP contribution in [0.1, 0.15) is 64.9 Å². The van der Waals surface area contributed by atoms with Gasteiger partial charge in [-0.05, 0) is 73.5 Å². The molecule has 0 radical (unpaired) electrons. The molecule has 1 saturated heterocycles. The summed E-state index contributed by atoms with van der Waals surface area (Å²) in [4.78, 5) is 18.5. The van der Waals surface area contributed by atoms with Gasteiger partial charge in [-0.3, -0.25) is 9.69 Å². The molecule has 0 aliphatic carbocycles. The van der Waals surface area contributed by atoms with Gasteiger partial charge in [0.2, 0.25) is 0 Å². The third-order valence-corrected chi connectivity index (χ3v) is 6.38. The number of pyridine rings is 1. The first-order valence-electron chi connectivity index (χ1n) is 12.0. The number of ether oxygens (including phenoxy) is 2. The fourth-order valence-electron chi connectivity index (χ4n) is 4.75. The van der Waals surface area contributed by atoms with Gasteiger partial charge in [-0.2, -0.15) is 0 Å². The number of methoxy groups -OCH3 is 1. The van der Waals surface area contributed by atoms with E-state index in [2.05, 4.69) is 60.0 Å². The second-order valence-electron chi connectivity index (χ2n) is 10.4. The Labute approximate surface area is 200 Å². The van der Waals surface area contributed by atoms with Crippen LogP contribution in [0.3, 0.4) is 0 Å². The van der Waals surface area contributed by atoms with Crippen LogP contribution in [0, 0.1) is 5.92 Å². The lowest BCUT2D eigenvalue weighted by Crippen LogP contribution is -2.41. The molecular weight excluding hydrogens is 432 g/mol. The molecule has 3 heterocycles. The molecule has 2 aromatic heterocycles. The number of aromatic amines is 1. The van der Waals surface area contributed by atoms with E-state index in [4.69, 9.17) is 9.47 Å². The normalized spacial score (nSPS) is 17.7. The molecular formula is C25H36N6O3. The van der Waals surface area contributed by atoms with E-state index in [1.165, 1.54) is 0 Å². The number of hydrogen-bond acceptors (Lipinski definition) is 7. The molecule has 184 valence electrons. The molecule has 9 nitrogen and oxygen atoms in total. The molecule has 0 spiro atoms. The largest absolute Gasteiger partial charge is 0.497 e. The van der Waals surface area contributed by atoms with E-state index in [9.17, 15) is 4.79 Å². The minimum atomic E-state index is -0.263. The van der Waals surface area contributed by atoms with Gasteiger partial charge in [-0.15, -0.1) is 5.10 Å². The monoisotopic (exact) mass is 468 g/mol. The Morgan fingerprint density at radius 1 is 1.29 bits per heavy atom. The van der Waals surface area contributed by atoms with Crippen molar-refractivity contribution in [2.45, 2.75) is 71.7 Å². The summed E-state index contributed by atoms with van der Waals surface area (Å²) in [6.45, 7) is 12.6. The predicted octanol–water partition coefficient (Wildman–Crippen LogP) is 3.66. The van der Waals surface area contributed by atoms with Gasteiger partial charge in [0.25, 0.3) is 5.56 Å². The Balaban J connectivity index is 1.74. The summed E-state index contributed by atoms with van der Waals surface area (Å²) in [6.07, 6.45) is 2.20. The molecule has 0 saturated carbocycles. The second kappa shape index (κ2) is 9.84. The lowest BCUT2D eigenvalue weighted by Gasteiger charge is -2.36. The number of H-pyrrole nitrogens is 1. The Kier molecular flexibility index (Phi) is 7.04. The average Bonchev–Trinajstić information content (AvgIpc) is 3.46. The van der Waals surface area contributed by atoms with E-state index in [0.29, 0.717) is 24.4 Å². The maximum absolute atomic E-state index is 13.1. The van der Waals surface area contributed by atoms with Gasteiger partial charge < -0.3 is 14.5 Å². The number of hydrogen-bond donors (Lipinski definition) is 1. The van der Waals surface area contributed by atoms with Crippen molar-refractivity contribution in [1.82, 2.24) is 30.1 Å². The van der Waals surface area contributed by atoms with Gasteiger partial charge in [-0.1, -0.05) is 13.8 Å². The first-order valence-corrected chi connectivity index (χ1v) is 12.0. The highest BCUT2D eigenvalue weighted by Crippen LogP contribution is 2.32. The molecule has 1 N–H and O–H groups in total. The minimum absolute atomic E-state index is 0.0793. The van der Waals surface area contributed by atoms with E-state index in [1.807, 2.05) is 28.9 Å². The molecule has 0 bridgehead atoms. The highest BCUT2D eigenvalue weighted by atomic mass is 16.5. The molecule has 4 rings (SSSR count). The van der Waals surface area contributed by atoms with Gasteiger partial charge in [-0.25, -0.2) is 4.68 Å². The molecule has 2 unspecified atom stereocenters. The summed E-state index contributed by atoms with van der Waals surface area (Å²) in [5.74, 6) is 1.74. The summed E-state index contributed by atoms with van der Waals surface area (Å²) in [5, 5.41) is 13.7. The Bertz CT molecular complexity index is 1170. The van der Waals surface area contributed by atoms with Crippen molar-refractivity contribution in [1.29, 1.82) is 0 Å². The number of fused-ring (bicyclic) bond motifs is 1. The van der Waals surface area contributed by atoms with Crippen molar-refractivity contribution < 1.29 is 9.47 Å². The van der Waals surface area contributed by atoms with Crippen LogP contribution in [-0.2, 0) is 16.8 Å². The molecule has 1 aliphatic heterocycles. The summed E-state index contributed by atoms with van der Waals surface area (Å²) < 4.78 is 13.2. The number of benzene rings is 1. The minimum Gasteiger partial charge on any atom is -0.497 e. The lowest BCUT2D eigenvalue weighted by atomic mass is 9.98. The number of aromatic nitrogens is 5. The second-order valence-corrected chi connectivity index (χ2v) is 10.4. The number of rotatable bonds is 8. The van der Waals surface area contributed by atoms with Crippen LogP contribution >= 0.6 is 0 Å². The van der Waals surface area contributed by atoms with Crippen molar-refractivity contribution in [2.75, 3.05) is 20.3 Å². The van der Waals surface area contributed by atoms with Gasteiger partial charge in [0.15, 0.2) is 5.82 Å². The van der Waals surface area contributed by atoms with E-state index in [1.54, 1.807) is 7.11 Å². The third kappa shape index (κ3) is 5.15. The van der Waals surface area contributed by atoms with E-state index >= 15 is 0 Å². The van der Waals surface area contributed by atoms with E-state index in [-0.39, 0.29) is 29.2 Å². The zero-order valence-corrected chi connectivity index (χ0v) is 21.0. The predicted molar refractivity (Wildman–Crippen MR) is 131 cm³/mol. The smallest absolute Gasteiger partial charge is 0.252 e. The average molecular weight is 469 g/mol. The zero-order valence-electron chi connectivity index (χ0n) is 21.0. The van der Waals surface area contributed by atoms with Gasteiger partial charge >= 0.3 is 0 Å². The van der Waals surface area contributed by atoms with Crippen LogP contribution in [0.25, 0.3) is 10.9 Å². The summed E-state index contributed by atoms with van der Waals surface area (Å²) in [6, 6.07) is 7.62. The standard InChI is InChI=1S/C25H36N6O3/c1-16(2)22(23-27-28-29-31(23)25(3,4)5)30(15-20-8-7-11-34-20)14-18-12-17-9-10-19(33-6)13-21(17)26-24(18)32/h9-10,12-13,16,20,22H,7-8,11,14-15H2,1-6H3,(H,26,32). The number of nitrogens with one attached hydrogen (secondary N) is 1. The molecule has 2 atom stereocenters. The fourth-order valence-corrected chi connectivity index (χ4v) is 4.75. The van der Waals surface area contributed by atoms with Crippen LogP contribution < -0.4 is 10.3 Å². The summed E-state index contributed by atoms with van der Waals surface area (Å²) in [5.41, 5.74) is 1.10. The van der Waals surface area contributed by atoms with Crippen molar-refractivity contribution in [3.63, 3.8) is 0 Å². The zero-order chi connectivity index (χ0) is 24.5. The lowest BCUT2D eigenvalue weighted by molar-refractivity contribution is 0.0371. The SMILES string of the molecule is COc1ccc2cc(CN(CC3CCCO3)C(c3nnnn3C(C)(C)C)C(C)C)c(=O)[nH]c2c1. The first kappa shape index (κ1) is 24.3. The molecule has 34 heavy (non-hydrogen) atoms. The molecule has 0 amide bonds. The van der Waals surface area contributed by atoms with E-state index < -0.39 is 0 Å². The van der Waals surface area contributed by atoms with Gasteiger partial charge in [0.05, 0.1) is 30.3 Å². The van der Waals surface area contributed by atoms with Gasteiger partial charge in [0, 0.05) is 31.3 Å². The van der Waals surface area contributed by atoms with Gasteiger partial charge in [0.1, 0.15) is 5.75 Å². The van der Waals surface area contributed by atoms with Crippen LogP contribution in [0.4, 0.5) is 0 Å². The highest BCUT2D eigenvalue weighted by Gasteiger charge is 2.34. The summed E-state index contributed by atoms with van der Waals surface area (Å²) >= 11 is 0. The molecule has 3 aromatic rings. The first-order chi connectivity index (χ1) is 16.2. The van der Waals surface area contributed by atoms with Crippen LogP contribution in [0.15, 0.2) is 29.1 Å². The molecule has 1 aliphatic rings. The molecule has 1 fully saturated rings. The Hall–Kier alpha value is -2.78. The maximum Gasteiger partial charge on any atom is 0.252 e. The van der Waals surface area contributed by atoms with E-state index in [0.717, 1.165) is 36.2 Å². The number of nitrogens with zero attached hydrogens (tertiary/aromatic N) is 5. The van der Waals surface area contributed by atoms with Crippen molar-refractivity contribution in [2.24, 2.45) is 5.92 Å². The Morgan fingerprint density at radius 3 is 2.74 bits per heavy atom. The quantitative estimate of drug-likeness (QED) is 0.539. The fraction of sp³-hybridized carbons (Fsp3) is 0.600. The van der Waals surface area contributed by atoms with Crippen LogP contribution in [-0.4, -0.2) is 56.5 Å². The maximum atomic E-state index is 13.1. The van der Waals surface area contributed by atoms with Crippen LogP contribution in [0.5, 0.6) is 5.75 Å². The van der Waals surface area contributed by atoms with Crippen molar-refractivity contribution in [3.8, 4) is 5.75 Å². The molecule has 1 aromatic carbocycles. The van der Waals surface area contributed by atoms with Crippen molar-refractivity contribution >= 4 is 10.9 Å².